The van der Waals surface area contributed by atoms with Crippen LogP contribution in [0.25, 0.3) is 0 Å². The Morgan fingerprint density at radius 3 is 2.50 bits per heavy atom. The molecule has 0 aliphatic carbocycles. The van der Waals surface area contributed by atoms with Gasteiger partial charge in [0.2, 0.25) is 0 Å². The molecule has 1 N–H and O–H groups in total. The molecule has 0 saturated heterocycles. The summed E-state index contributed by atoms with van der Waals surface area (Å²) in [5, 5.41) is 2.71. The van der Waals surface area contributed by atoms with E-state index >= 15 is 0 Å². The molecule has 1 aromatic carbocycles. The van der Waals surface area contributed by atoms with Crippen LogP contribution in [0.1, 0.15) is 35.7 Å². The van der Waals surface area contributed by atoms with Gasteiger partial charge >= 0.3 is 5.97 Å². The van der Waals surface area contributed by atoms with Gasteiger partial charge in [-0.25, -0.2) is 4.98 Å². The highest BCUT2D eigenvalue weighted by molar-refractivity contribution is 6.03. The fourth-order valence-electron chi connectivity index (χ4n) is 1.92. The summed E-state index contributed by atoms with van der Waals surface area (Å²) in [7, 11) is 0. The second-order valence-electron chi connectivity index (χ2n) is 4.77. The third-order valence-corrected chi connectivity index (χ3v) is 3.20. The number of carbonyl (C=O) groups excluding carboxylic acids is 2. The Balaban J connectivity index is 2.03. The third kappa shape index (κ3) is 3.91. The van der Waals surface area contributed by atoms with E-state index in [1.54, 1.807) is 56.4 Å². The van der Waals surface area contributed by atoms with E-state index in [0.717, 1.165) is 5.56 Å². The van der Waals surface area contributed by atoms with Crippen molar-refractivity contribution in [3.63, 3.8) is 0 Å². The van der Waals surface area contributed by atoms with Crippen molar-refractivity contribution in [2.75, 3.05) is 11.9 Å². The maximum atomic E-state index is 12.0. The van der Waals surface area contributed by atoms with Gasteiger partial charge in [-0.15, -0.1) is 0 Å². The highest BCUT2D eigenvalue weighted by atomic mass is 16.5. The zero-order chi connectivity index (χ0) is 15.9. The highest BCUT2D eigenvalue weighted by Gasteiger charge is 2.16. The Labute approximate surface area is 129 Å². The van der Waals surface area contributed by atoms with Gasteiger partial charge in [-0.05, 0) is 37.6 Å². The molecule has 1 aromatic heterocycles. The normalized spacial score (nSPS) is 11.5. The van der Waals surface area contributed by atoms with Gasteiger partial charge in [0.1, 0.15) is 5.82 Å². The van der Waals surface area contributed by atoms with Crippen LogP contribution in [-0.2, 0) is 9.53 Å². The minimum absolute atomic E-state index is 0.223. The van der Waals surface area contributed by atoms with E-state index in [2.05, 4.69) is 10.3 Å². The summed E-state index contributed by atoms with van der Waals surface area (Å²) in [6.07, 6.45) is 1.57. The number of ether oxygens (including phenoxy) is 1. The second-order valence-corrected chi connectivity index (χ2v) is 4.77. The van der Waals surface area contributed by atoms with Crippen LogP contribution < -0.4 is 5.32 Å². The number of carbonyl (C=O) groups is 2. The third-order valence-electron chi connectivity index (χ3n) is 3.20. The Morgan fingerprint density at radius 1 is 1.18 bits per heavy atom. The van der Waals surface area contributed by atoms with E-state index in [0.29, 0.717) is 18.0 Å². The Hall–Kier alpha value is -2.69. The lowest BCUT2D eigenvalue weighted by molar-refractivity contribution is -0.144. The Kier molecular flexibility index (Phi) is 5.25. The summed E-state index contributed by atoms with van der Waals surface area (Å²) < 4.78 is 4.97. The molecule has 0 aliphatic heterocycles. The summed E-state index contributed by atoms with van der Waals surface area (Å²) in [5.74, 6) is -0.454. The number of amides is 1. The smallest absolute Gasteiger partial charge is 0.313 e. The molecule has 1 atom stereocenters. The quantitative estimate of drug-likeness (QED) is 0.862. The van der Waals surface area contributed by atoms with Crippen LogP contribution >= 0.6 is 0 Å². The van der Waals surface area contributed by atoms with Gasteiger partial charge < -0.3 is 10.1 Å². The van der Waals surface area contributed by atoms with Crippen molar-refractivity contribution >= 4 is 17.7 Å². The highest BCUT2D eigenvalue weighted by Crippen LogP contribution is 2.17. The average molecular weight is 298 g/mol. The van der Waals surface area contributed by atoms with Crippen molar-refractivity contribution in [3.05, 3.63) is 59.8 Å². The predicted octanol–water partition coefficient (Wildman–Crippen LogP) is 3.00. The monoisotopic (exact) mass is 298 g/mol. The minimum atomic E-state index is -0.383. The van der Waals surface area contributed by atoms with Gasteiger partial charge in [-0.3, -0.25) is 9.59 Å². The first-order valence-corrected chi connectivity index (χ1v) is 7.10. The molecule has 1 heterocycles. The fourth-order valence-corrected chi connectivity index (χ4v) is 1.92. The van der Waals surface area contributed by atoms with E-state index in [1.165, 1.54) is 0 Å². The summed E-state index contributed by atoms with van der Waals surface area (Å²) in [5.41, 5.74) is 1.31. The number of anilines is 1. The van der Waals surface area contributed by atoms with E-state index in [-0.39, 0.29) is 17.8 Å². The van der Waals surface area contributed by atoms with E-state index < -0.39 is 0 Å². The zero-order valence-electron chi connectivity index (χ0n) is 12.6. The van der Waals surface area contributed by atoms with Crippen molar-refractivity contribution in [2.45, 2.75) is 19.8 Å². The average Bonchev–Trinajstić information content (AvgIpc) is 2.56. The number of nitrogens with one attached hydrogen (secondary N) is 1. The SMILES string of the molecule is CCOC(=O)[C@H](C)c1ccc(NC(=O)c2ccccc2)nc1. The van der Waals surface area contributed by atoms with Gasteiger partial charge in [-0.1, -0.05) is 24.3 Å². The lowest BCUT2D eigenvalue weighted by Gasteiger charge is -2.11. The first-order chi connectivity index (χ1) is 10.6. The van der Waals surface area contributed by atoms with Crippen LogP contribution in [0.4, 0.5) is 5.82 Å². The molecule has 0 bridgehead atoms. The first kappa shape index (κ1) is 15.7. The van der Waals surface area contributed by atoms with Crippen molar-refractivity contribution in [1.82, 2.24) is 4.98 Å². The molecule has 0 saturated carbocycles. The molecule has 0 fully saturated rings. The number of benzene rings is 1. The van der Waals surface area contributed by atoms with Crippen LogP contribution in [0.5, 0.6) is 0 Å². The van der Waals surface area contributed by atoms with Crippen molar-refractivity contribution < 1.29 is 14.3 Å². The molecule has 5 nitrogen and oxygen atoms in total. The molecule has 2 rings (SSSR count). The van der Waals surface area contributed by atoms with E-state index in [1.807, 2.05) is 6.07 Å². The molecule has 1 amide bonds. The van der Waals surface area contributed by atoms with Crippen molar-refractivity contribution in [3.8, 4) is 0 Å². The van der Waals surface area contributed by atoms with Crippen LogP contribution in [0.3, 0.4) is 0 Å². The lowest BCUT2D eigenvalue weighted by Crippen LogP contribution is -2.15. The molecule has 0 spiro atoms. The second kappa shape index (κ2) is 7.36. The number of nitrogens with zero attached hydrogens (tertiary/aromatic N) is 1. The minimum Gasteiger partial charge on any atom is -0.466 e. The fraction of sp³-hybridized carbons (Fsp3) is 0.235. The van der Waals surface area contributed by atoms with Crippen molar-refractivity contribution in [2.24, 2.45) is 0 Å². The molecule has 114 valence electrons. The summed E-state index contributed by atoms with van der Waals surface area (Å²) in [6, 6.07) is 12.3. The standard InChI is InChI=1S/C17H18N2O3/c1-3-22-17(21)12(2)14-9-10-15(18-11-14)19-16(20)13-7-5-4-6-8-13/h4-12H,3H2,1-2H3,(H,18,19,20)/t12-/m1/s1. The van der Waals surface area contributed by atoms with Crippen LogP contribution in [0.2, 0.25) is 0 Å². The lowest BCUT2D eigenvalue weighted by atomic mass is 10.0. The predicted molar refractivity (Wildman–Crippen MR) is 83.7 cm³/mol. The zero-order valence-corrected chi connectivity index (χ0v) is 12.6. The Morgan fingerprint density at radius 2 is 1.91 bits per heavy atom. The number of hydrogen-bond acceptors (Lipinski definition) is 4. The number of aromatic nitrogens is 1. The van der Waals surface area contributed by atoms with Crippen LogP contribution in [-0.4, -0.2) is 23.5 Å². The summed E-state index contributed by atoms with van der Waals surface area (Å²) in [6.45, 7) is 3.88. The molecule has 0 aliphatic rings. The molecule has 2 aromatic rings. The van der Waals surface area contributed by atoms with E-state index in [4.69, 9.17) is 4.74 Å². The molecule has 22 heavy (non-hydrogen) atoms. The maximum Gasteiger partial charge on any atom is 0.313 e. The maximum absolute atomic E-state index is 12.0. The van der Waals surface area contributed by atoms with Crippen LogP contribution in [0, 0.1) is 0 Å². The number of esters is 1. The molecule has 0 unspecified atom stereocenters. The summed E-state index contributed by atoms with van der Waals surface area (Å²) in [4.78, 5) is 27.8. The van der Waals surface area contributed by atoms with Gasteiger partial charge in [-0.2, -0.15) is 0 Å². The first-order valence-electron chi connectivity index (χ1n) is 7.10. The molecular formula is C17H18N2O3. The van der Waals surface area contributed by atoms with Crippen LogP contribution in [0.15, 0.2) is 48.7 Å². The molecular weight excluding hydrogens is 280 g/mol. The number of pyridine rings is 1. The van der Waals surface area contributed by atoms with Gasteiger partial charge in [0.05, 0.1) is 12.5 Å². The van der Waals surface area contributed by atoms with Gasteiger partial charge in [0.15, 0.2) is 0 Å². The largest absolute Gasteiger partial charge is 0.466 e. The van der Waals surface area contributed by atoms with E-state index in [9.17, 15) is 9.59 Å². The summed E-state index contributed by atoms with van der Waals surface area (Å²) >= 11 is 0. The number of hydrogen-bond donors (Lipinski definition) is 1. The molecule has 5 heteroatoms. The van der Waals surface area contributed by atoms with Gasteiger partial charge in [0, 0.05) is 11.8 Å². The van der Waals surface area contributed by atoms with Gasteiger partial charge in [0.25, 0.3) is 5.91 Å². The Bertz CT molecular complexity index is 639. The van der Waals surface area contributed by atoms with Crippen molar-refractivity contribution in [1.29, 1.82) is 0 Å². The number of rotatable bonds is 5. The topological polar surface area (TPSA) is 68.3 Å². The molecule has 0 radical (unpaired) electrons.